The summed E-state index contributed by atoms with van der Waals surface area (Å²) in [5.41, 5.74) is -1.21. The number of rotatable bonds is 9. The number of carbonyl (C=O) groups is 2. The van der Waals surface area contributed by atoms with E-state index in [-0.39, 0.29) is 31.3 Å². The summed E-state index contributed by atoms with van der Waals surface area (Å²) in [6.45, 7) is 13.6. The van der Waals surface area contributed by atoms with E-state index in [9.17, 15) is 40.2 Å². The SMILES string of the molecule is CO[C@H]1C[C@H](O[C@H]2[C@H](C)[C@@H](O[C@@H]3O[C@H](C)C[C@H](N(C)C)[C@H]3O[C@@H]3O[C@H](CO)[C@@H](O)[C@H](O)[C@H]3O)[C@@H](C)C[C@]3(CO3)C(=O)[C@H](C)[C@@H](O)[C@@H](C)[C@@H](C)OC(=O)[C@@H]2C)O[C@@H](C)[C@@H]1O. The quantitative estimate of drug-likeness (QED) is 0.129. The van der Waals surface area contributed by atoms with Crippen LogP contribution < -0.4 is 0 Å². The molecular formula is C41H71NO17. The number of epoxide rings is 1. The highest BCUT2D eigenvalue weighted by Crippen LogP contribution is 2.44. The highest BCUT2D eigenvalue weighted by atomic mass is 16.8. The molecule has 59 heavy (non-hydrogen) atoms. The minimum absolute atomic E-state index is 0.140. The molecule has 6 N–H and O–H groups in total. The van der Waals surface area contributed by atoms with Crippen molar-refractivity contribution in [3.05, 3.63) is 0 Å². The molecule has 0 bridgehead atoms. The number of ether oxygens (including phenoxy) is 9. The molecule has 5 saturated heterocycles. The Kier molecular flexibility index (Phi) is 16.4. The van der Waals surface area contributed by atoms with Crippen molar-refractivity contribution >= 4 is 11.8 Å². The van der Waals surface area contributed by atoms with Crippen molar-refractivity contribution < 1.29 is 82.9 Å². The molecule has 1 spiro atoms. The Bertz CT molecular complexity index is 1380. The Morgan fingerprint density at radius 3 is 1.95 bits per heavy atom. The fraction of sp³-hybridized carbons (Fsp3) is 0.951. The number of carbonyl (C=O) groups excluding carboxylic acids is 2. The fourth-order valence-corrected chi connectivity index (χ4v) is 9.36. The summed E-state index contributed by atoms with van der Waals surface area (Å²) in [4.78, 5) is 30.2. The zero-order chi connectivity index (χ0) is 43.8. The molecule has 0 aromatic rings. The van der Waals surface area contributed by atoms with E-state index in [0.717, 1.165) is 0 Å². The molecule has 5 rings (SSSR count). The van der Waals surface area contributed by atoms with Gasteiger partial charge in [0.1, 0.15) is 42.7 Å². The van der Waals surface area contributed by atoms with Crippen molar-refractivity contribution in [2.75, 3.05) is 34.4 Å². The number of methoxy groups -OCH3 is 1. The molecule has 0 saturated carbocycles. The van der Waals surface area contributed by atoms with Crippen molar-refractivity contribution in [1.29, 1.82) is 0 Å². The summed E-state index contributed by atoms with van der Waals surface area (Å²) in [5, 5.41) is 64.2. The van der Waals surface area contributed by atoms with E-state index in [2.05, 4.69) is 0 Å². The van der Waals surface area contributed by atoms with Gasteiger partial charge in [-0.05, 0) is 60.5 Å². The molecule has 0 unspecified atom stereocenters. The largest absolute Gasteiger partial charge is 0.462 e. The predicted molar refractivity (Wildman–Crippen MR) is 206 cm³/mol. The zero-order valence-corrected chi connectivity index (χ0v) is 36.4. The van der Waals surface area contributed by atoms with Crippen molar-refractivity contribution in [1.82, 2.24) is 4.90 Å². The van der Waals surface area contributed by atoms with Crippen molar-refractivity contribution in [2.24, 2.45) is 29.6 Å². The van der Waals surface area contributed by atoms with Gasteiger partial charge in [-0.2, -0.15) is 0 Å². The van der Waals surface area contributed by atoms with Gasteiger partial charge in [-0.25, -0.2) is 0 Å². The van der Waals surface area contributed by atoms with E-state index < -0.39 is 146 Å². The average Bonchev–Trinajstić information content (AvgIpc) is 3.98. The molecule has 0 aliphatic carbocycles. The lowest BCUT2D eigenvalue weighted by molar-refractivity contribution is -0.357. The molecule has 18 nitrogen and oxygen atoms in total. The van der Waals surface area contributed by atoms with Gasteiger partial charge in [-0.15, -0.1) is 0 Å². The van der Waals surface area contributed by atoms with Crippen LogP contribution in [0.25, 0.3) is 0 Å². The number of cyclic esters (lactones) is 1. The third-order valence-electron chi connectivity index (χ3n) is 13.5. The average molecular weight is 850 g/mol. The number of hydrogen-bond acceptors (Lipinski definition) is 18. The molecule has 5 fully saturated rings. The molecule has 5 aliphatic heterocycles. The number of hydrogen-bond donors (Lipinski definition) is 6. The van der Waals surface area contributed by atoms with E-state index in [1.807, 2.05) is 39.8 Å². The van der Waals surface area contributed by atoms with Gasteiger partial charge in [-0.3, -0.25) is 9.59 Å². The van der Waals surface area contributed by atoms with Gasteiger partial charge in [0, 0.05) is 37.3 Å². The Morgan fingerprint density at radius 2 is 1.36 bits per heavy atom. The lowest BCUT2D eigenvalue weighted by Gasteiger charge is -2.49. The normalized spacial score (nSPS) is 50.7. The second-order valence-electron chi connectivity index (χ2n) is 18.1. The van der Waals surface area contributed by atoms with Gasteiger partial charge in [-0.1, -0.05) is 27.7 Å². The van der Waals surface area contributed by atoms with Crippen LogP contribution in [0.4, 0.5) is 0 Å². The number of nitrogens with zero attached hydrogens (tertiary/aromatic N) is 1. The summed E-state index contributed by atoms with van der Waals surface area (Å²) in [6, 6.07) is -0.402. The molecule has 0 radical (unpaired) electrons. The molecule has 0 amide bonds. The van der Waals surface area contributed by atoms with Crippen molar-refractivity contribution in [3.8, 4) is 0 Å². The number of Topliss-reactive ketones (excluding diaryl/α,β-unsaturated/α-hetero) is 1. The smallest absolute Gasteiger partial charge is 0.311 e. The summed E-state index contributed by atoms with van der Waals surface area (Å²) in [6.07, 6.45) is -16.3. The highest BCUT2D eigenvalue weighted by Gasteiger charge is 2.58. The number of aliphatic hydroxyl groups excluding tert-OH is 6. The van der Waals surface area contributed by atoms with Gasteiger partial charge < -0.3 is 78.2 Å². The second-order valence-corrected chi connectivity index (χ2v) is 18.1. The first-order valence-electron chi connectivity index (χ1n) is 21.2. The van der Waals surface area contributed by atoms with Crippen LogP contribution in [-0.4, -0.2) is 192 Å². The van der Waals surface area contributed by atoms with E-state index in [4.69, 9.17) is 42.6 Å². The number of aliphatic hydroxyl groups is 6. The van der Waals surface area contributed by atoms with Crippen LogP contribution in [0.1, 0.15) is 74.7 Å². The maximum atomic E-state index is 14.2. The Morgan fingerprint density at radius 1 is 0.712 bits per heavy atom. The molecule has 5 aliphatic rings. The summed E-state index contributed by atoms with van der Waals surface area (Å²) < 4.78 is 56.1. The molecule has 5 heterocycles. The maximum absolute atomic E-state index is 14.2. The number of esters is 1. The fourth-order valence-electron chi connectivity index (χ4n) is 9.36. The van der Waals surface area contributed by atoms with E-state index in [1.54, 1.807) is 34.6 Å². The summed E-state index contributed by atoms with van der Waals surface area (Å²) >= 11 is 0. The van der Waals surface area contributed by atoms with Gasteiger partial charge in [0.05, 0.1) is 55.8 Å². The zero-order valence-electron chi connectivity index (χ0n) is 36.4. The second kappa shape index (κ2) is 19.9. The first-order valence-corrected chi connectivity index (χ1v) is 21.2. The van der Waals surface area contributed by atoms with Gasteiger partial charge in [0.15, 0.2) is 30.3 Å². The van der Waals surface area contributed by atoms with Crippen LogP contribution in [0, 0.1) is 29.6 Å². The lowest BCUT2D eigenvalue weighted by atomic mass is 9.76. The molecule has 342 valence electrons. The minimum atomic E-state index is -1.69. The van der Waals surface area contributed by atoms with E-state index in [0.29, 0.717) is 6.42 Å². The number of ketones is 1. The first-order chi connectivity index (χ1) is 27.7. The van der Waals surface area contributed by atoms with E-state index in [1.165, 1.54) is 7.11 Å². The lowest BCUT2D eigenvalue weighted by Crippen LogP contribution is -2.63. The van der Waals surface area contributed by atoms with Crippen LogP contribution >= 0.6 is 0 Å². The first kappa shape index (κ1) is 48.6. The maximum Gasteiger partial charge on any atom is 0.311 e. The van der Waals surface area contributed by atoms with Crippen molar-refractivity contribution in [2.45, 2.75) is 185 Å². The standard InChI is InChI=1S/C41H71NO17/c1-17-14-41(16-52-41)37(49)20(4)29(44)19(3)23(7)55-38(50)22(6)35(57-28-13-26(51-11)30(45)24(8)54-28)21(5)34(17)58-40-36(25(42(9)10)12-18(2)53-40)59-39-33(48)32(47)31(46)27(15-43)56-39/h17-36,39-40,43-48H,12-16H2,1-11H3/t17-,18+,19-,20+,21+,22+,23+,24-,25-,26-,27+,28-,29-,30-,31+,32-,33+,34-,35-,36+,39-,40-,41-/m0/s1. The molecule has 0 aromatic heterocycles. The molecule has 18 heteroatoms. The predicted octanol–water partition coefficient (Wildman–Crippen LogP) is -0.267. The third-order valence-corrected chi connectivity index (χ3v) is 13.5. The van der Waals surface area contributed by atoms with Crippen LogP contribution in [0.15, 0.2) is 0 Å². The third kappa shape index (κ3) is 10.5. The van der Waals surface area contributed by atoms with Crippen LogP contribution in [-0.2, 0) is 52.2 Å². The van der Waals surface area contributed by atoms with Crippen molar-refractivity contribution in [3.63, 3.8) is 0 Å². The minimum Gasteiger partial charge on any atom is -0.462 e. The summed E-state index contributed by atoms with van der Waals surface area (Å²) in [5.74, 6) is -4.43. The Labute approximate surface area is 347 Å². The van der Waals surface area contributed by atoms with Gasteiger partial charge >= 0.3 is 5.97 Å². The van der Waals surface area contributed by atoms with E-state index >= 15 is 0 Å². The van der Waals surface area contributed by atoms with Crippen LogP contribution in [0.2, 0.25) is 0 Å². The molecule has 0 aromatic carbocycles. The Balaban J connectivity index is 1.56. The number of likely N-dealkylation sites (N-methyl/N-ethyl adjacent to an activating group) is 1. The Hall–Kier alpha value is -1.46. The van der Waals surface area contributed by atoms with Gasteiger partial charge in [0.2, 0.25) is 0 Å². The van der Waals surface area contributed by atoms with Gasteiger partial charge in [0.25, 0.3) is 0 Å². The highest BCUT2D eigenvalue weighted by molar-refractivity contribution is 5.92. The monoisotopic (exact) mass is 849 g/mol. The van der Waals surface area contributed by atoms with Crippen LogP contribution in [0.3, 0.4) is 0 Å². The van der Waals surface area contributed by atoms with Crippen LogP contribution in [0.5, 0.6) is 0 Å². The summed E-state index contributed by atoms with van der Waals surface area (Å²) in [7, 11) is 5.18. The topological polar surface area (TPSA) is 245 Å². The molecule has 23 atom stereocenters. The molecular weight excluding hydrogens is 778 g/mol.